The van der Waals surface area contributed by atoms with E-state index in [1.54, 1.807) is 7.11 Å². The Balaban J connectivity index is 0.00000133. The molecule has 1 amide bonds. The van der Waals surface area contributed by atoms with E-state index in [4.69, 9.17) is 10.5 Å². The van der Waals surface area contributed by atoms with Crippen LogP contribution in [0.4, 0.5) is 0 Å². The summed E-state index contributed by atoms with van der Waals surface area (Å²) in [5, 5.41) is 3.92. The van der Waals surface area contributed by atoms with Crippen LogP contribution >= 0.6 is 12.4 Å². The Hall–Kier alpha value is -1.72. The predicted molar refractivity (Wildman–Crippen MR) is 76.1 cm³/mol. The number of carbonyl (C=O) groups excluding carboxylic acids is 1. The molecule has 5 nitrogen and oxygen atoms in total. The minimum Gasteiger partial charge on any atom is -0.497 e. The van der Waals surface area contributed by atoms with E-state index in [2.05, 4.69) is 10.3 Å². The summed E-state index contributed by atoms with van der Waals surface area (Å²) < 4.78 is 5.22. The van der Waals surface area contributed by atoms with Gasteiger partial charge in [0.05, 0.1) is 7.11 Å². The second kappa shape index (κ2) is 5.11. The zero-order valence-electron chi connectivity index (χ0n) is 10.5. The van der Waals surface area contributed by atoms with Crippen molar-refractivity contribution in [3.05, 3.63) is 29.5 Å². The summed E-state index contributed by atoms with van der Waals surface area (Å²) in [5.74, 6) is 0.710. The summed E-state index contributed by atoms with van der Waals surface area (Å²) in [6, 6.07) is 5.77. The number of amides is 1. The highest BCUT2D eigenvalue weighted by Gasteiger charge is 2.27. The summed E-state index contributed by atoms with van der Waals surface area (Å²) in [5.41, 5.74) is 8.27. The number of benzene rings is 1. The number of aromatic amines is 1. The number of halogens is 1. The maximum atomic E-state index is 11.9. The lowest BCUT2D eigenvalue weighted by molar-refractivity contribution is 0.0922. The first-order valence-electron chi connectivity index (χ1n) is 5.92. The van der Waals surface area contributed by atoms with Crippen molar-refractivity contribution in [3.63, 3.8) is 0 Å². The van der Waals surface area contributed by atoms with Crippen LogP contribution in [-0.4, -0.2) is 30.6 Å². The second-order valence-corrected chi connectivity index (χ2v) is 4.50. The van der Waals surface area contributed by atoms with Gasteiger partial charge in [-0.1, -0.05) is 0 Å². The van der Waals surface area contributed by atoms with Crippen molar-refractivity contribution < 1.29 is 9.53 Å². The zero-order chi connectivity index (χ0) is 12.7. The van der Waals surface area contributed by atoms with Crippen LogP contribution in [0.3, 0.4) is 0 Å². The molecule has 2 aromatic rings. The molecule has 2 heterocycles. The Morgan fingerprint density at radius 3 is 2.95 bits per heavy atom. The average Bonchev–Trinajstić information content (AvgIpc) is 2.77. The molecule has 0 spiro atoms. The normalized spacial score (nSPS) is 17.6. The summed E-state index contributed by atoms with van der Waals surface area (Å²) in [4.78, 5) is 15.1. The molecule has 0 radical (unpaired) electrons. The molecule has 0 saturated carbocycles. The van der Waals surface area contributed by atoms with E-state index >= 15 is 0 Å². The van der Waals surface area contributed by atoms with Gasteiger partial charge < -0.3 is 20.8 Å². The van der Waals surface area contributed by atoms with Gasteiger partial charge in [0.25, 0.3) is 5.91 Å². The molecule has 4 N–H and O–H groups in total. The fraction of sp³-hybridized carbons (Fsp3) is 0.308. The number of aromatic nitrogens is 1. The smallest absolute Gasteiger partial charge is 0.268 e. The van der Waals surface area contributed by atoms with Crippen molar-refractivity contribution >= 4 is 29.2 Å². The highest BCUT2D eigenvalue weighted by atomic mass is 35.5. The van der Waals surface area contributed by atoms with Crippen molar-refractivity contribution in [1.82, 2.24) is 10.3 Å². The molecule has 6 heteroatoms. The molecular formula is C13H16ClN3O2. The van der Waals surface area contributed by atoms with Crippen molar-refractivity contribution in [2.75, 3.05) is 13.7 Å². The van der Waals surface area contributed by atoms with Crippen molar-refractivity contribution in [1.29, 1.82) is 0 Å². The van der Waals surface area contributed by atoms with Crippen LogP contribution in [0.2, 0.25) is 0 Å². The van der Waals surface area contributed by atoms with Crippen LogP contribution in [0.25, 0.3) is 10.9 Å². The van der Waals surface area contributed by atoms with Crippen molar-refractivity contribution in [2.24, 2.45) is 5.73 Å². The summed E-state index contributed by atoms with van der Waals surface area (Å²) in [6.07, 6.45) is 0.755. The molecule has 1 aliphatic heterocycles. The van der Waals surface area contributed by atoms with E-state index in [0.717, 1.165) is 28.6 Å². The van der Waals surface area contributed by atoms with E-state index in [9.17, 15) is 4.79 Å². The Bertz CT molecular complexity index is 624. The zero-order valence-corrected chi connectivity index (χ0v) is 11.3. The van der Waals surface area contributed by atoms with Crippen LogP contribution in [0.15, 0.2) is 18.2 Å². The number of H-pyrrole nitrogens is 1. The molecule has 1 atom stereocenters. The highest BCUT2D eigenvalue weighted by molar-refractivity contribution is 6.02. The fourth-order valence-electron chi connectivity index (χ4n) is 2.46. The van der Waals surface area contributed by atoms with Gasteiger partial charge in [0.15, 0.2) is 0 Å². The number of ether oxygens (including phenoxy) is 1. The standard InChI is InChI=1S/C13H15N3O2.ClH/c1-18-8-2-3-11-9(5-8)10-4-7(6-14)15-13(17)12(10)16-11;/h2-3,5,7,16H,4,6,14H2,1H3,(H,15,17);1H. The lowest BCUT2D eigenvalue weighted by Crippen LogP contribution is -2.45. The van der Waals surface area contributed by atoms with Crippen LogP contribution in [-0.2, 0) is 6.42 Å². The lowest BCUT2D eigenvalue weighted by Gasteiger charge is -2.22. The van der Waals surface area contributed by atoms with E-state index in [1.165, 1.54) is 0 Å². The van der Waals surface area contributed by atoms with E-state index in [0.29, 0.717) is 12.2 Å². The number of fused-ring (bicyclic) bond motifs is 3. The largest absolute Gasteiger partial charge is 0.497 e. The van der Waals surface area contributed by atoms with Crippen molar-refractivity contribution in [3.8, 4) is 5.75 Å². The fourth-order valence-corrected chi connectivity index (χ4v) is 2.46. The topological polar surface area (TPSA) is 80.1 Å². The maximum absolute atomic E-state index is 11.9. The molecule has 3 rings (SSSR count). The minimum absolute atomic E-state index is 0. The predicted octanol–water partition coefficient (Wildman–Crippen LogP) is 1.21. The summed E-state index contributed by atoms with van der Waals surface area (Å²) >= 11 is 0. The Morgan fingerprint density at radius 2 is 2.26 bits per heavy atom. The summed E-state index contributed by atoms with van der Waals surface area (Å²) in [6.45, 7) is 0.446. The van der Waals surface area contributed by atoms with Gasteiger partial charge in [0.2, 0.25) is 0 Å². The average molecular weight is 282 g/mol. The third-order valence-corrected chi connectivity index (χ3v) is 3.41. The van der Waals surface area contributed by atoms with Gasteiger partial charge in [-0.25, -0.2) is 0 Å². The minimum atomic E-state index is -0.0816. The van der Waals surface area contributed by atoms with Gasteiger partial charge in [-0.05, 0) is 30.2 Å². The monoisotopic (exact) mass is 281 g/mol. The molecule has 1 aromatic carbocycles. The number of hydrogen-bond acceptors (Lipinski definition) is 3. The first-order chi connectivity index (χ1) is 8.72. The van der Waals surface area contributed by atoms with Gasteiger partial charge in [0, 0.05) is 23.5 Å². The number of methoxy groups -OCH3 is 1. The molecule has 0 aliphatic carbocycles. The molecular weight excluding hydrogens is 266 g/mol. The molecule has 102 valence electrons. The van der Waals surface area contributed by atoms with E-state index in [-0.39, 0.29) is 24.4 Å². The van der Waals surface area contributed by atoms with E-state index < -0.39 is 0 Å². The lowest BCUT2D eigenvalue weighted by atomic mass is 9.98. The van der Waals surface area contributed by atoms with Crippen LogP contribution in [0.5, 0.6) is 5.75 Å². The maximum Gasteiger partial charge on any atom is 0.268 e. The Labute approximate surface area is 116 Å². The number of carbonyl (C=O) groups is 1. The SMILES string of the molecule is COc1ccc2[nH]c3c(c2c1)CC(CN)NC3=O.Cl. The van der Waals surface area contributed by atoms with Gasteiger partial charge in [-0.3, -0.25) is 4.79 Å². The molecule has 0 bridgehead atoms. The van der Waals surface area contributed by atoms with Crippen LogP contribution < -0.4 is 15.8 Å². The third-order valence-electron chi connectivity index (χ3n) is 3.41. The molecule has 0 saturated heterocycles. The molecule has 19 heavy (non-hydrogen) atoms. The van der Waals surface area contributed by atoms with E-state index in [1.807, 2.05) is 18.2 Å². The van der Waals surface area contributed by atoms with Gasteiger partial charge in [-0.15, -0.1) is 12.4 Å². The molecule has 1 unspecified atom stereocenters. The summed E-state index contributed by atoms with van der Waals surface area (Å²) in [7, 11) is 1.63. The highest BCUT2D eigenvalue weighted by Crippen LogP contribution is 2.29. The Morgan fingerprint density at radius 1 is 1.47 bits per heavy atom. The number of nitrogens with one attached hydrogen (secondary N) is 2. The first kappa shape index (κ1) is 13.7. The number of hydrogen-bond donors (Lipinski definition) is 3. The molecule has 1 aromatic heterocycles. The number of rotatable bonds is 2. The second-order valence-electron chi connectivity index (χ2n) is 4.50. The quantitative estimate of drug-likeness (QED) is 0.774. The van der Waals surface area contributed by atoms with Crippen molar-refractivity contribution in [2.45, 2.75) is 12.5 Å². The molecule has 1 aliphatic rings. The number of nitrogens with two attached hydrogens (primary N) is 1. The van der Waals surface area contributed by atoms with Crippen LogP contribution in [0, 0.1) is 0 Å². The third kappa shape index (κ3) is 2.15. The van der Waals surface area contributed by atoms with Gasteiger partial charge >= 0.3 is 0 Å². The Kier molecular flexibility index (Phi) is 3.68. The first-order valence-corrected chi connectivity index (χ1v) is 5.92. The molecule has 0 fully saturated rings. The van der Waals surface area contributed by atoms with Crippen LogP contribution in [0.1, 0.15) is 16.1 Å². The van der Waals surface area contributed by atoms with Gasteiger partial charge in [-0.2, -0.15) is 0 Å². The van der Waals surface area contributed by atoms with Gasteiger partial charge in [0.1, 0.15) is 11.4 Å².